The van der Waals surface area contributed by atoms with E-state index in [1.54, 1.807) is 0 Å². The zero-order valence-electron chi connectivity index (χ0n) is 9.39. The van der Waals surface area contributed by atoms with Gasteiger partial charge in [-0.15, -0.1) is 0 Å². The number of nitro benzene ring substituents is 2. The van der Waals surface area contributed by atoms with Gasteiger partial charge in [0.25, 0.3) is 11.4 Å². The maximum atomic E-state index is 12.6. The molecule has 0 heterocycles. The molecule has 0 fully saturated rings. The van der Waals surface area contributed by atoms with E-state index in [1.165, 1.54) is 0 Å². The summed E-state index contributed by atoms with van der Waals surface area (Å²) in [6, 6.07) is 0.822. The molecule has 1 aromatic carbocycles. The van der Waals surface area contributed by atoms with Crippen molar-refractivity contribution in [3.8, 4) is 0 Å². The van der Waals surface area contributed by atoms with Gasteiger partial charge in [-0.3, -0.25) is 20.2 Å². The van der Waals surface area contributed by atoms with Gasteiger partial charge in [-0.2, -0.15) is 0 Å². The number of nitrogens with zero attached hydrogens (tertiary/aromatic N) is 2. The second-order valence-corrected chi connectivity index (χ2v) is 3.27. The van der Waals surface area contributed by atoms with Crippen molar-refractivity contribution in [3.63, 3.8) is 0 Å². The molecule has 0 aliphatic carbocycles. The molecule has 0 aromatic heterocycles. The van der Waals surface area contributed by atoms with Crippen molar-refractivity contribution < 1.29 is 74.2 Å². The Balaban J connectivity index is 0.00000289. The fourth-order valence-electron chi connectivity index (χ4n) is 1.34. The number of rotatable bonds is 3. The van der Waals surface area contributed by atoms with Crippen molar-refractivity contribution in [1.82, 2.24) is 0 Å². The Morgan fingerprint density at radius 3 is 1.94 bits per heavy atom. The summed E-state index contributed by atoms with van der Waals surface area (Å²) in [5, 5.41) is 20.9. The summed E-state index contributed by atoms with van der Waals surface area (Å²) < 4.78 is 37.7. The molecule has 0 aliphatic rings. The van der Waals surface area contributed by atoms with Gasteiger partial charge in [0, 0.05) is 5.56 Å². The van der Waals surface area contributed by atoms with E-state index in [4.69, 9.17) is 0 Å². The molecule has 0 atom stereocenters. The van der Waals surface area contributed by atoms with E-state index in [2.05, 4.69) is 0 Å². The van der Waals surface area contributed by atoms with Crippen molar-refractivity contribution in [2.45, 2.75) is 6.92 Å². The number of non-ortho nitro benzene ring substituents is 1. The molecular weight excluding hydrogens is 283 g/mol. The molecule has 0 unspecified atom stereocenters. The smallest absolute Gasteiger partial charge is 0.445 e. The Kier molecular flexibility index (Phi) is 5.94. The van der Waals surface area contributed by atoms with Crippen LogP contribution in [-0.4, -0.2) is 16.8 Å². The van der Waals surface area contributed by atoms with E-state index in [-0.39, 0.29) is 51.4 Å². The Morgan fingerprint density at radius 2 is 1.61 bits per heavy atom. The van der Waals surface area contributed by atoms with Gasteiger partial charge < -0.3 is 12.9 Å². The Hall–Kier alpha value is -0.489. The van der Waals surface area contributed by atoms with E-state index in [9.17, 15) is 33.2 Å². The minimum absolute atomic E-state index is 0. The SMILES string of the molecule is Cc1c([N+](=O)[O-])cc([N+](=O)[O-])cc1[B-](F)(F)F.[K+]. The molecule has 11 heteroatoms. The second kappa shape index (κ2) is 6.10. The summed E-state index contributed by atoms with van der Waals surface area (Å²) in [5.74, 6) is 0. The van der Waals surface area contributed by atoms with Crippen molar-refractivity contribution in [2.75, 3.05) is 0 Å². The second-order valence-electron chi connectivity index (χ2n) is 3.27. The topological polar surface area (TPSA) is 86.3 Å². The maximum absolute atomic E-state index is 12.6. The zero-order chi connectivity index (χ0) is 13.4. The van der Waals surface area contributed by atoms with E-state index in [0.717, 1.165) is 6.92 Å². The Bertz CT molecular complexity index is 508. The summed E-state index contributed by atoms with van der Waals surface area (Å²) in [5.41, 5.74) is -3.79. The molecule has 0 N–H and O–H groups in total. The van der Waals surface area contributed by atoms with Crippen LogP contribution in [0.25, 0.3) is 0 Å². The first-order valence-corrected chi connectivity index (χ1v) is 4.28. The summed E-state index contributed by atoms with van der Waals surface area (Å²) in [7, 11) is 0. The first-order chi connectivity index (χ1) is 7.64. The third-order valence-corrected chi connectivity index (χ3v) is 2.17. The number of halogens is 3. The van der Waals surface area contributed by atoms with Crippen molar-refractivity contribution in [2.24, 2.45) is 0 Å². The summed E-state index contributed by atoms with van der Waals surface area (Å²) in [6.45, 7) is -4.63. The van der Waals surface area contributed by atoms with Crippen molar-refractivity contribution in [3.05, 3.63) is 37.9 Å². The normalized spacial score (nSPS) is 10.7. The van der Waals surface area contributed by atoms with Gasteiger partial charge in [0.15, 0.2) is 0 Å². The third kappa shape index (κ3) is 3.75. The van der Waals surface area contributed by atoms with Crippen molar-refractivity contribution >= 4 is 23.8 Å². The van der Waals surface area contributed by atoms with E-state index in [1.807, 2.05) is 0 Å². The fourth-order valence-corrected chi connectivity index (χ4v) is 1.34. The predicted octanol–water partition coefficient (Wildman–Crippen LogP) is -1.13. The fraction of sp³-hybridized carbons (Fsp3) is 0.143. The van der Waals surface area contributed by atoms with Crippen LogP contribution in [0.5, 0.6) is 0 Å². The van der Waals surface area contributed by atoms with Gasteiger partial charge in [-0.05, 0) is 13.0 Å². The van der Waals surface area contributed by atoms with E-state index >= 15 is 0 Å². The van der Waals surface area contributed by atoms with Gasteiger partial charge in [0.05, 0.1) is 15.9 Å². The molecule has 1 aromatic rings. The van der Waals surface area contributed by atoms with Crippen molar-refractivity contribution in [1.29, 1.82) is 0 Å². The first-order valence-electron chi connectivity index (χ1n) is 4.28. The minimum atomic E-state index is -5.53. The molecule has 6 nitrogen and oxygen atoms in total. The number of benzene rings is 1. The van der Waals surface area contributed by atoms with Gasteiger partial charge in [0.2, 0.25) is 0 Å². The molecule has 0 spiro atoms. The molecule has 0 saturated heterocycles. The summed E-state index contributed by atoms with van der Waals surface area (Å²) in [4.78, 5) is 18.7. The van der Waals surface area contributed by atoms with Gasteiger partial charge >= 0.3 is 58.4 Å². The first kappa shape index (κ1) is 17.5. The predicted molar refractivity (Wildman–Crippen MR) is 53.2 cm³/mol. The van der Waals surface area contributed by atoms with E-state index < -0.39 is 39.2 Å². The molecule has 18 heavy (non-hydrogen) atoms. The van der Waals surface area contributed by atoms with Gasteiger partial charge in [0.1, 0.15) is 0 Å². The molecule has 0 aliphatic heterocycles. The molecule has 0 saturated carbocycles. The van der Waals surface area contributed by atoms with Crippen LogP contribution in [0.15, 0.2) is 12.1 Å². The molecule has 0 radical (unpaired) electrons. The summed E-state index contributed by atoms with van der Waals surface area (Å²) in [6.07, 6.45) is 0. The number of nitro groups is 2. The third-order valence-electron chi connectivity index (χ3n) is 2.17. The number of hydrogen-bond donors (Lipinski definition) is 0. The van der Waals surface area contributed by atoms with Crippen LogP contribution in [0.4, 0.5) is 24.3 Å². The zero-order valence-corrected chi connectivity index (χ0v) is 12.5. The Morgan fingerprint density at radius 1 is 1.11 bits per heavy atom. The Labute approximate surface area is 141 Å². The molecule has 0 amide bonds. The van der Waals surface area contributed by atoms with Gasteiger partial charge in [-0.25, -0.2) is 0 Å². The maximum Gasteiger partial charge on any atom is 1.00 e. The average Bonchev–Trinajstić information content (AvgIpc) is 2.15. The largest absolute Gasteiger partial charge is 1.00 e. The van der Waals surface area contributed by atoms with Gasteiger partial charge in [-0.1, -0.05) is 5.46 Å². The monoisotopic (exact) mass is 288 g/mol. The summed E-state index contributed by atoms with van der Waals surface area (Å²) >= 11 is 0. The van der Waals surface area contributed by atoms with Crippen LogP contribution in [0.2, 0.25) is 0 Å². The molecule has 92 valence electrons. The van der Waals surface area contributed by atoms with Crippen LogP contribution < -0.4 is 56.8 Å². The quantitative estimate of drug-likeness (QED) is 0.400. The molecule has 0 bridgehead atoms. The van der Waals surface area contributed by atoms with Crippen LogP contribution in [-0.2, 0) is 0 Å². The average molecular weight is 288 g/mol. The van der Waals surface area contributed by atoms with Crippen LogP contribution >= 0.6 is 0 Å². The minimum Gasteiger partial charge on any atom is -0.445 e. The van der Waals surface area contributed by atoms with Crippen LogP contribution in [0.1, 0.15) is 5.56 Å². The van der Waals surface area contributed by atoms with E-state index in [0.29, 0.717) is 12.1 Å². The number of hydrogen-bond acceptors (Lipinski definition) is 4. The standard InChI is InChI=1S/C7H5BF3N2O4.K/c1-4-6(8(9,10)11)2-5(12(14)15)3-7(4)13(16)17;/h2-3H,1H3;/q-1;+1. The van der Waals surface area contributed by atoms with Crippen LogP contribution in [0, 0.1) is 27.2 Å². The molecular formula is C7H5BF3KN2O4. The van der Waals surface area contributed by atoms with Crippen LogP contribution in [0.3, 0.4) is 0 Å². The molecule has 1 rings (SSSR count).